The first-order chi connectivity index (χ1) is 13.2. The summed E-state index contributed by atoms with van der Waals surface area (Å²) in [7, 11) is 0. The summed E-state index contributed by atoms with van der Waals surface area (Å²) in [6.45, 7) is 1.84. The molecule has 140 valence electrons. The van der Waals surface area contributed by atoms with Gasteiger partial charge in [-0.3, -0.25) is 14.9 Å². The molecular formula is C20H23N5OS. The fraction of sp³-hybridized carbons (Fsp3) is 0.400. The second kappa shape index (κ2) is 8.00. The van der Waals surface area contributed by atoms with Crippen molar-refractivity contribution < 1.29 is 4.79 Å². The molecular weight excluding hydrogens is 358 g/mol. The van der Waals surface area contributed by atoms with E-state index in [4.69, 9.17) is 0 Å². The van der Waals surface area contributed by atoms with E-state index in [-0.39, 0.29) is 5.91 Å². The van der Waals surface area contributed by atoms with Gasteiger partial charge in [0, 0.05) is 18.0 Å². The normalized spacial score (nSPS) is 15.0. The molecule has 1 saturated carbocycles. The molecule has 4 rings (SSSR count). The van der Waals surface area contributed by atoms with Gasteiger partial charge in [-0.1, -0.05) is 38.2 Å². The number of anilines is 1. The minimum atomic E-state index is -0.178. The van der Waals surface area contributed by atoms with Crippen LogP contribution >= 0.6 is 11.3 Å². The molecule has 0 saturated heterocycles. The number of carbonyl (C=O) groups is 1. The number of thiazole rings is 1. The number of H-pyrrole nitrogens is 1. The lowest BCUT2D eigenvalue weighted by atomic mass is 9.86. The third-order valence-electron chi connectivity index (χ3n) is 4.99. The summed E-state index contributed by atoms with van der Waals surface area (Å²) >= 11 is 1.35. The number of aryl methyl sites for hydroxylation is 1. The number of rotatable bonds is 5. The molecule has 0 aromatic carbocycles. The molecule has 1 aliphatic carbocycles. The highest BCUT2D eigenvalue weighted by Gasteiger charge is 2.19. The second-order valence-corrected chi connectivity index (χ2v) is 8.09. The van der Waals surface area contributed by atoms with Gasteiger partial charge in [0.25, 0.3) is 5.91 Å². The zero-order valence-corrected chi connectivity index (χ0v) is 16.2. The van der Waals surface area contributed by atoms with Crippen LogP contribution < -0.4 is 5.32 Å². The molecule has 2 N–H and O–H groups in total. The number of nitrogens with zero attached hydrogens (tertiary/aromatic N) is 3. The van der Waals surface area contributed by atoms with Crippen LogP contribution in [-0.4, -0.2) is 26.1 Å². The number of pyridine rings is 1. The van der Waals surface area contributed by atoms with Crippen molar-refractivity contribution in [3.63, 3.8) is 0 Å². The lowest BCUT2D eigenvalue weighted by Crippen LogP contribution is -2.11. The molecule has 3 heterocycles. The summed E-state index contributed by atoms with van der Waals surface area (Å²) in [6, 6.07) is 7.62. The molecule has 27 heavy (non-hydrogen) atoms. The second-order valence-electron chi connectivity index (χ2n) is 7.09. The van der Waals surface area contributed by atoms with Crippen molar-refractivity contribution in [1.29, 1.82) is 0 Å². The Labute approximate surface area is 162 Å². The van der Waals surface area contributed by atoms with Crippen molar-refractivity contribution in [2.24, 2.45) is 5.92 Å². The van der Waals surface area contributed by atoms with Gasteiger partial charge in [-0.2, -0.15) is 5.10 Å². The van der Waals surface area contributed by atoms with Crippen LogP contribution in [0.3, 0.4) is 0 Å². The number of carbonyl (C=O) groups excluding carboxylic acids is 1. The highest BCUT2D eigenvalue weighted by molar-refractivity contribution is 7.17. The Hall–Kier alpha value is -2.54. The molecule has 0 atom stereocenters. The molecule has 6 nitrogen and oxygen atoms in total. The average Bonchev–Trinajstić information content (AvgIpc) is 3.29. The minimum Gasteiger partial charge on any atom is -0.304 e. The summed E-state index contributed by atoms with van der Waals surface area (Å²) in [5, 5.41) is 11.0. The predicted molar refractivity (Wildman–Crippen MR) is 107 cm³/mol. The summed E-state index contributed by atoms with van der Waals surface area (Å²) < 4.78 is 0. The van der Waals surface area contributed by atoms with Crippen LogP contribution in [0.5, 0.6) is 0 Å². The van der Waals surface area contributed by atoms with Gasteiger partial charge >= 0.3 is 0 Å². The highest BCUT2D eigenvalue weighted by Crippen LogP contribution is 2.28. The Morgan fingerprint density at radius 1 is 1.30 bits per heavy atom. The highest BCUT2D eigenvalue weighted by atomic mass is 32.1. The largest absolute Gasteiger partial charge is 0.304 e. The number of nitrogens with one attached hydrogen (secondary N) is 2. The Morgan fingerprint density at radius 2 is 2.15 bits per heavy atom. The Balaban J connectivity index is 1.43. The molecule has 0 unspecified atom stereocenters. The first kappa shape index (κ1) is 17.9. The van der Waals surface area contributed by atoms with E-state index < -0.39 is 0 Å². The van der Waals surface area contributed by atoms with Crippen LogP contribution in [0, 0.1) is 12.8 Å². The SMILES string of the molecule is Cc1nc(-c2ccccn2)sc1C(=O)Nc1cc(CC2CCCCC2)[nH]n1. The van der Waals surface area contributed by atoms with E-state index in [1.807, 2.05) is 31.2 Å². The van der Waals surface area contributed by atoms with Crippen LogP contribution in [0.25, 0.3) is 10.7 Å². The van der Waals surface area contributed by atoms with E-state index in [1.165, 1.54) is 43.4 Å². The smallest absolute Gasteiger partial charge is 0.268 e. The van der Waals surface area contributed by atoms with E-state index >= 15 is 0 Å². The van der Waals surface area contributed by atoms with Gasteiger partial charge in [-0.05, 0) is 31.4 Å². The van der Waals surface area contributed by atoms with Crippen molar-refractivity contribution in [2.75, 3.05) is 5.32 Å². The standard InChI is InChI=1S/C20H23N5OS/c1-13-18(27-20(22-13)16-9-5-6-10-21-16)19(26)23-17-12-15(24-25-17)11-14-7-3-2-4-8-14/h5-6,9-10,12,14H,2-4,7-8,11H2,1H3,(H2,23,24,25,26). The van der Waals surface area contributed by atoms with Crippen LogP contribution in [0.2, 0.25) is 0 Å². The number of hydrogen-bond acceptors (Lipinski definition) is 5. The fourth-order valence-corrected chi connectivity index (χ4v) is 4.55. The quantitative estimate of drug-likeness (QED) is 0.676. The number of aromatic amines is 1. The number of aromatic nitrogens is 4. The van der Waals surface area contributed by atoms with Crippen molar-refractivity contribution in [3.05, 3.63) is 46.7 Å². The molecule has 7 heteroatoms. The van der Waals surface area contributed by atoms with E-state index in [1.54, 1.807) is 6.20 Å². The Kier molecular flexibility index (Phi) is 5.29. The zero-order chi connectivity index (χ0) is 18.6. The number of hydrogen-bond donors (Lipinski definition) is 2. The van der Waals surface area contributed by atoms with Gasteiger partial charge in [0.1, 0.15) is 9.88 Å². The van der Waals surface area contributed by atoms with Gasteiger partial charge in [0.15, 0.2) is 5.82 Å². The topological polar surface area (TPSA) is 83.6 Å². The molecule has 3 aromatic heterocycles. The molecule has 0 spiro atoms. The Bertz CT molecular complexity index is 912. The maximum atomic E-state index is 12.7. The third kappa shape index (κ3) is 4.24. The molecule has 0 bridgehead atoms. The zero-order valence-electron chi connectivity index (χ0n) is 15.4. The van der Waals surface area contributed by atoms with E-state index in [9.17, 15) is 4.79 Å². The summed E-state index contributed by atoms with van der Waals surface area (Å²) in [6.07, 6.45) is 9.32. The van der Waals surface area contributed by atoms with Gasteiger partial charge < -0.3 is 5.32 Å². The third-order valence-corrected chi connectivity index (χ3v) is 6.17. The van der Waals surface area contributed by atoms with Crippen LogP contribution in [0.4, 0.5) is 5.82 Å². The number of amides is 1. The van der Waals surface area contributed by atoms with Crippen molar-refractivity contribution in [1.82, 2.24) is 20.2 Å². The molecule has 0 aliphatic heterocycles. The molecule has 3 aromatic rings. The first-order valence-electron chi connectivity index (χ1n) is 9.43. The predicted octanol–water partition coefficient (Wildman–Crippen LogP) is 4.61. The fourth-order valence-electron chi connectivity index (χ4n) is 3.61. The maximum Gasteiger partial charge on any atom is 0.268 e. The van der Waals surface area contributed by atoms with E-state index in [0.29, 0.717) is 16.4 Å². The summed E-state index contributed by atoms with van der Waals surface area (Å²) in [5.74, 6) is 1.12. The van der Waals surface area contributed by atoms with Crippen molar-refractivity contribution in [3.8, 4) is 10.7 Å². The molecule has 1 fully saturated rings. The summed E-state index contributed by atoms with van der Waals surface area (Å²) in [5.41, 5.74) is 2.57. The van der Waals surface area contributed by atoms with Gasteiger partial charge in [-0.15, -0.1) is 11.3 Å². The van der Waals surface area contributed by atoms with Crippen LogP contribution in [0.1, 0.15) is 53.2 Å². The molecule has 0 radical (unpaired) electrons. The van der Waals surface area contributed by atoms with E-state index in [2.05, 4.69) is 25.5 Å². The van der Waals surface area contributed by atoms with E-state index in [0.717, 1.165) is 28.7 Å². The molecule has 1 amide bonds. The first-order valence-corrected chi connectivity index (χ1v) is 10.2. The van der Waals surface area contributed by atoms with Crippen LogP contribution in [0.15, 0.2) is 30.5 Å². The average molecular weight is 382 g/mol. The van der Waals surface area contributed by atoms with Crippen LogP contribution in [-0.2, 0) is 6.42 Å². The summed E-state index contributed by atoms with van der Waals surface area (Å²) in [4.78, 5) is 22.1. The lowest BCUT2D eigenvalue weighted by molar-refractivity contribution is 0.102. The van der Waals surface area contributed by atoms with Crippen molar-refractivity contribution in [2.45, 2.75) is 45.4 Å². The van der Waals surface area contributed by atoms with Gasteiger partial charge in [0.05, 0.1) is 11.4 Å². The maximum absolute atomic E-state index is 12.7. The Morgan fingerprint density at radius 3 is 2.93 bits per heavy atom. The molecule has 1 aliphatic rings. The van der Waals surface area contributed by atoms with Gasteiger partial charge in [-0.25, -0.2) is 4.98 Å². The lowest BCUT2D eigenvalue weighted by Gasteiger charge is -2.20. The van der Waals surface area contributed by atoms with Gasteiger partial charge in [0.2, 0.25) is 0 Å². The minimum absolute atomic E-state index is 0.178. The van der Waals surface area contributed by atoms with Crippen molar-refractivity contribution >= 4 is 23.1 Å². The monoisotopic (exact) mass is 381 g/mol.